The van der Waals surface area contributed by atoms with Crippen LogP contribution >= 0.6 is 15.9 Å². The number of carbonyl (C=O) groups excluding carboxylic acids is 1. The van der Waals surface area contributed by atoms with Crippen LogP contribution in [0.1, 0.15) is 6.92 Å². The number of nitrogens with one attached hydrogen (secondary N) is 2. The van der Waals surface area contributed by atoms with Crippen molar-refractivity contribution in [1.82, 2.24) is 15.3 Å². The molecule has 0 aliphatic heterocycles. The summed E-state index contributed by atoms with van der Waals surface area (Å²) in [5.41, 5.74) is 5.41. The van der Waals surface area contributed by atoms with Crippen molar-refractivity contribution in [3.8, 4) is 0 Å². The fraction of sp³-hybridized carbons (Fsp3) is 0.375. The quantitative estimate of drug-likeness (QED) is 0.737. The Kier molecular flexibility index (Phi) is 4.29. The highest BCUT2D eigenvalue weighted by Gasteiger charge is 2.04. The average Bonchev–Trinajstić information content (AvgIpc) is 2.20. The number of nitrogens with two attached hydrogens (primary N) is 1. The monoisotopic (exact) mass is 273 g/mol. The Balaban J connectivity index is 2.57. The van der Waals surface area contributed by atoms with Crippen LogP contribution in [0.3, 0.4) is 0 Å². The number of aromatic nitrogens is 2. The van der Waals surface area contributed by atoms with Gasteiger partial charge in [-0.2, -0.15) is 4.98 Å². The van der Waals surface area contributed by atoms with Gasteiger partial charge in [-0.1, -0.05) is 0 Å². The lowest BCUT2D eigenvalue weighted by molar-refractivity contribution is -0.119. The maximum absolute atomic E-state index is 11.1. The first-order valence-electron chi connectivity index (χ1n) is 4.42. The topological polar surface area (TPSA) is 92.9 Å². The fourth-order valence-electron chi connectivity index (χ4n) is 0.928. The summed E-state index contributed by atoms with van der Waals surface area (Å²) in [5, 5.41) is 5.51. The zero-order valence-electron chi connectivity index (χ0n) is 8.25. The number of amides is 1. The van der Waals surface area contributed by atoms with Gasteiger partial charge in [0.1, 0.15) is 5.82 Å². The lowest BCUT2D eigenvalue weighted by Crippen LogP contribution is -2.29. The van der Waals surface area contributed by atoms with Gasteiger partial charge in [0.15, 0.2) is 0 Å². The Morgan fingerprint density at radius 3 is 3.07 bits per heavy atom. The van der Waals surface area contributed by atoms with Crippen LogP contribution in [-0.2, 0) is 4.79 Å². The number of anilines is 2. The molecule has 1 rings (SSSR count). The fourth-order valence-corrected chi connectivity index (χ4v) is 1.26. The van der Waals surface area contributed by atoms with Crippen molar-refractivity contribution in [3.63, 3.8) is 0 Å². The Morgan fingerprint density at radius 2 is 2.40 bits per heavy atom. The third-order valence-electron chi connectivity index (χ3n) is 1.55. The van der Waals surface area contributed by atoms with E-state index in [1.54, 1.807) is 0 Å². The summed E-state index contributed by atoms with van der Waals surface area (Å²) in [7, 11) is 0. The number of hydrogen-bond acceptors (Lipinski definition) is 5. The molecule has 0 aliphatic rings. The van der Waals surface area contributed by atoms with E-state index in [1.807, 2.05) is 6.92 Å². The van der Waals surface area contributed by atoms with Gasteiger partial charge in [-0.3, -0.25) is 4.79 Å². The molecule has 6 nitrogen and oxygen atoms in total. The minimum absolute atomic E-state index is 0.0958. The molecule has 0 radical (unpaired) electrons. The molecular formula is C8H12BrN5O. The van der Waals surface area contributed by atoms with E-state index in [1.165, 1.54) is 6.20 Å². The first-order chi connectivity index (χ1) is 7.13. The van der Waals surface area contributed by atoms with Crippen LogP contribution in [-0.4, -0.2) is 29.0 Å². The summed E-state index contributed by atoms with van der Waals surface area (Å²) in [4.78, 5) is 18.9. The summed E-state index contributed by atoms with van der Waals surface area (Å²) < 4.78 is 0.668. The lowest BCUT2D eigenvalue weighted by Gasteiger charge is -2.07. The van der Waals surface area contributed by atoms with Gasteiger partial charge in [0.25, 0.3) is 0 Å². The molecule has 1 aromatic heterocycles. The third kappa shape index (κ3) is 3.70. The molecule has 0 aliphatic carbocycles. The maximum Gasteiger partial charge on any atom is 0.239 e. The molecule has 0 fully saturated rings. The Morgan fingerprint density at radius 1 is 1.67 bits per heavy atom. The smallest absolute Gasteiger partial charge is 0.239 e. The molecule has 15 heavy (non-hydrogen) atoms. The second kappa shape index (κ2) is 5.50. The van der Waals surface area contributed by atoms with Crippen molar-refractivity contribution in [2.75, 3.05) is 24.1 Å². The van der Waals surface area contributed by atoms with E-state index in [0.717, 1.165) is 0 Å². The van der Waals surface area contributed by atoms with Crippen LogP contribution in [0, 0.1) is 0 Å². The Hall–Kier alpha value is -1.37. The average molecular weight is 274 g/mol. The van der Waals surface area contributed by atoms with Crippen LogP contribution in [0.2, 0.25) is 0 Å². The highest BCUT2D eigenvalue weighted by Crippen LogP contribution is 2.18. The molecule has 0 saturated heterocycles. The highest BCUT2D eigenvalue weighted by atomic mass is 79.9. The molecule has 0 unspecified atom stereocenters. The highest BCUT2D eigenvalue weighted by molar-refractivity contribution is 9.10. The Bertz CT molecular complexity index is 357. The molecule has 7 heteroatoms. The zero-order valence-corrected chi connectivity index (χ0v) is 9.84. The predicted octanol–water partition coefficient (Wildman–Crippen LogP) is 0.369. The van der Waals surface area contributed by atoms with Crippen LogP contribution in [0.4, 0.5) is 11.8 Å². The third-order valence-corrected chi connectivity index (χ3v) is 2.13. The van der Waals surface area contributed by atoms with E-state index in [0.29, 0.717) is 16.8 Å². The molecule has 1 aromatic rings. The van der Waals surface area contributed by atoms with Gasteiger partial charge in [0, 0.05) is 12.7 Å². The maximum atomic E-state index is 11.1. The van der Waals surface area contributed by atoms with Gasteiger partial charge in [-0.25, -0.2) is 4.98 Å². The number of nitrogens with zero attached hydrogens (tertiary/aromatic N) is 2. The van der Waals surface area contributed by atoms with Crippen LogP contribution in [0.5, 0.6) is 0 Å². The lowest BCUT2D eigenvalue weighted by atomic mass is 10.5. The van der Waals surface area contributed by atoms with Crippen molar-refractivity contribution >= 4 is 33.6 Å². The van der Waals surface area contributed by atoms with E-state index in [9.17, 15) is 4.79 Å². The summed E-state index contributed by atoms with van der Waals surface area (Å²) in [6, 6.07) is 0. The van der Waals surface area contributed by atoms with Gasteiger partial charge in [-0.05, 0) is 22.9 Å². The van der Waals surface area contributed by atoms with Crippen molar-refractivity contribution in [2.45, 2.75) is 6.92 Å². The van der Waals surface area contributed by atoms with E-state index in [-0.39, 0.29) is 18.4 Å². The van der Waals surface area contributed by atoms with E-state index >= 15 is 0 Å². The van der Waals surface area contributed by atoms with Crippen LogP contribution in [0.15, 0.2) is 10.7 Å². The minimum atomic E-state index is -0.0958. The zero-order chi connectivity index (χ0) is 11.3. The molecule has 4 N–H and O–H groups in total. The molecule has 1 heterocycles. The predicted molar refractivity (Wildman–Crippen MR) is 61.3 cm³/mol. The molecule has 0 aromatic carbocycles. The van der Waals surface area contributed by atoms with Gasteiger partial charge >= 0.3 is 0 Å². The van der Waals surface area contributed by atoms with Gasteiger partial charge < -0.3 is 16.4 Å². The van der Waals surface area contributed by atoms with Gasteiger partial charge in [0.2, 0.25) is 11.9 Å². The second-order valence-corrected chi connectivity index (χ2v) is 3.59. The minimum Gasteiger partial charge on any atom is -0.368 e. The molecule has 0 spiro atoms. The Labute approximate surface area is 95.8 Å². The largest absolute Gasteiger partial charge is 0.368 e. The van der Waals surface area contributed by atoms with Gasteiger partial charge in [0.05, 0.1) is 11.0 Å². The standard InChI is InChI=1S/C8H12BrN5O/c1-2-11-6(15)4-12-7-5(9)3-13-8(10)14-7/h3H,2,4H2,1H3,(H,11,15)(H3,10,12,13,14). The summed E-state index contributed by atoms with van der Waals surface area (Å²) in [6.45, 7) is 2.62. The normalized spacial score (nSPS) is 9.73. The van der Waals surface area contributed by atoms with Crippen LogP contribution < -0.4 is 16.4 Å². The second-order valence-electron chi connectivity index (χ2n) is 2.73. The van der Waals surface area contributed by atoms with Crippen molar-refractivity contribution in [1.29, 1.82) is 0 Å². The van der Waals surface area contributed by atoms with Gasteiger partial charge in [-0.15, -0.1) is 0 Å². The van der Waals surface area contributed by atoms with E-state index < -0.39 is 0 Å². The number of rotatable bonds is 4. The first-order valence-corrected chi connectivity index (χ1v) is 5.21. The summed E-state index contributed by atoms with van der Waals surface area (Å²) in [5.74, 6) is 0.576. The van der Waals surface area contributed by atoms with Crippen molar-refractivity contribution in [3.05, 3.63) is 10.7 Å². The molecule has 0 saturated carbocycles. The number of likely N-dealkylation sites (N-methyl/N-ethyl adjacent to an activating group) is 1. The molecular weight excluding hydrogens is 262 g/mol. The van der Waals surface area contributed by atoms with Crippen molar-refractivity contribution < 1.29 is 4.79 Å². The number of nitrogen functional groups attached to an aromatic ring is 1. The molecule has 0 bridgehead atoms. The first kappa shape index (κ1) is 11.7. The van der Waals surface area contributed by atoms with Crippen molar-refractivity contribution in [2.24, 2.45) is 0 Å². The van der Waals surface area contributed by atoms with Crippen LogP contribution in [0.25, 0.3) is 0 Å². The molecule has 82 valence electrons. The molecule has 1 amide bonds. The summed E-state index contributed by atoms with van der Waals surface area (Å²) in [6.07, 6.45) is 1.53. The van der Waals surface area contributed by atoms with E-state index in [2.05, 4.69) is 36.5 Å². The number of carbonyl (C=O) groups is 1. The number of hydrogen-bond donors (Lipinski definition) is 3. The van der Waals surface area contributed by atoms with E-state index in [4.69, 9.17) is 5.73 Å². The molecule has 0 atom stereocenters. The SMILES string of the molecule is CCNC(=O)CNc1nc(N)ncc1Br. The summed E-state index contributed by atoms with van der Waals surface area (Å²) >= 11 is 3.24. The number of halogens is 1.